The predicted octanol–water partition coefficient (Wildman–Crippen LogP) is 12.5. The van der Waals surface area contributed by atoms with Crippen LogP contribution in [0.25, 0.3) is 0 Å². The first kappa shape index (κ1) is 48.6. The Morgan fingerprint density at radius 1 is 0.520 bits per heavy atom. The van der Waals surface area contributed by atoms with Crippen molar-refractivity contribution >= 4 is 16.0 Å². The van der Waals surface area contributed by atoms with Crippen LogP contribution in [0.15, 0.2) is 36.5 Å². The molecule has 0 heterocycles. The zero-order valence-electron chi connectivity index (χ0n) is 32.8. The molecule has 7 heteroatoms. The summed E-state index contributed by atoms with van der Waals surface area (Å²) < 4.78 is 32.4. The topological polar surface area (TPSA) is 104 Å². The molecule has 0 fully saturated rings. The Labute approximate surface area is 310 Å². The van der Waals surface area contributed by atoms with Crippen LogP contribution >= 0.6 is 0 Å². The van der Waals surface area contributed by atoms with Gasteiger partial charge in [0.2, 0.25) is 5.91 Å². The minimum atomic E-state index is -4.35. The molecule has 294 valence electrons. The zero-order valence-corrected chi connectivity index (χ0v) is 33.6. The van der Waals surface area contributed by atoms with Gasteiger partial charge < -0.3 is 10.4 Å². The molecular weight excluding hydrogens is 643 g/mol. The Kier molecular flexibility index (Phi) is 36.2. The van der Waals surface area contributed by atoms with Crippen LogP contribution in [-0.2, 0) is 14.9 Å². The first-order valence-corrected chi connectivity index (χ1v) is 22.8. The SMILES string of the molecule is CCCCC/C=C/CC/C=C/CC/C=C/C(O)C(CS(=O)(=O)O)NC(=O)CCCCCCCCCCCCCCCCCCCCCCCC. The van der Waals surface area contributed by atoms with E-state index < -0.39 is 28.0 Å². The lowest BCUT2D eigenvalue weighted by molar-refractivity contribution is -0.122. The number of rotatable bonds is 38. The van der Waals surface area contributed by atoms with E-state index in [1.54, 1.807) is 6.08 Å². The van der Waals surface area contributed by atoms with Crippen LogP contribution in [0.3, 0.4) is 0 Å². The average Bonchev–Trinajstić information content (AvgIpc) is 3.08. The highest BCUT2D eigenvalue weighted by Gasteiger charge is 2.24. The summed E-state index contributed by atoms with van der Waals surface area (Å²) in [7, 11) is -4.35. The molecule has 0 aromatic carbocycles. The van der Waals surface area contributed by atoms with Gasteiger partial charge in [-0.3, -0.25) is 9.35 Å². The first-order valence-electron chi connectivity index (χ1n) is 21.2. The summed E-state index contributed by atoms with van der Waals surface area (Å²) in [6.45, 7) is 4.49. The van der Waals surface area contributed by atoms with E-state index in [0.29, 0.717) is 6.42 Å². The van der Waals surface area contributed by atoms with E-state index in [-0.39, 0.29) is 12.3 Å². The number of aliphatic hydroxyl groups excluding tert-OH is 1. The summed E-state index contributed by atoms with van der Waals surface area (Å²) in [6, 6.07) is -1.08. The number of aliphatic hydroxyl groups is 1. The Morgan fingerprint density at radius 2 is 0.860 bits per heavy atom. The predicted molar refractivity (Wildman–Crippen MR) is 216 cm³/mol. The summed E-state index contributed by atoms with van der Waals surface area (Å²) >= 11 is 0. The van der Waals surface area contributed by atoms with Gasteiger partial charge >= 0.3 is 0 Å². The lowest BCUT2D eigenvalue weighted by atomic mass is 10.0. The lowest BCUT2D eigenvalue weighted by Crippen LogP contribution is -2.46. The molecule has 3 N–H and O–H groups in total. The van der Waals surface area contributed by atoms with E-state index in [9.17, 15) is 22.9 Å². The molecule has 0 saturated heterocycles. The average molecular weight is 724 g/mol. The number of amides is 1. The van der Waals surface area contributed by atoms with Crippen LogP contribution in [0.4, 0.5) is 0 Å². The maximum absolute atomic E-state index is 12.5. The molecule has 0 aliphatic rings. The third-order valence-electron chi connectivity index (χ3n) is 9.55. The van der Waals surface area contributed by atoms with E-state index in [1.807, 2.05) is 0 Å². The monoisotopic (exact) mass is 724 g/mol. The number of carbonyl (C=O) groups is 1. The summed E-state index contributed by atoms with van der Waals surface area (Å²) in [4.78, 5) is 12.5. The van der Waals surface area contributed by atoms with Crippen LogP contribution in [-0.4, -0.2) is 41.9 Å². The Bertz CT molecular complexity index is 930. The molecule has 0 saturated carbocycles. The largest absolute Gasteiger partial charge is 0.387 e. The normalized spacial score (nSPS) is 13.6. The summed E-state index contributed by atoms with van der Waals surface area (Å²) in [5.41, 5.74) is 0. The Hall–Kier alpha value is -1.44. The Morgan fingerprint density at radius 3 is 1.26 bits per heavy atom. The molecule has 0 rings (SSSR count). The number of allylic oxidation sites excluding steroid dienone is 5. The second-order valence-electron chi connectivity index (χ2n) is 14.6. The maximum Gasteiger partial charge on any atom is 0.267 e. The molecule has 50 heavy (non-hydrogen) atoms. The number of hydrogen-bond acceptors (Lipinski definition) is 4. The van der Waals surface area contributed by atoms with Crippen molar-refractivity contribution in [2.75, 3.05) is 5.75 Å². The second kappa shape index (κ2) is 37.3. The Balaban J connectivity index is 3.85. The van der Waals surface area contributed by atoms with E-state index >= 15 is 0 Å². The second-order valence-corrected chi connectivity index (χ2v) is 16.1. The number of hydrogen-bond donors (Lipinski definition) is 3. The van der Waals surface area contributed by atoms with Crippen molar-refractivity contribution in [2.45, 2.75) is 225 Å². The molecular formula is C43H81NO5S. The fourth-order valence-electron chi connectivity index (χ4n) is 6.36. The molecule has 0 aliphatic carbocycles. The molecule has 0 aliphatic heterocycles. The van der Waals surface area contributed by atoms with Crippen LogP contribution in [0.5, 0.6) is 0 Å². The van der Waals surface area contributed by atoms with Crippen molar-refractivity contribution in [3.8, 4) is 0 Å². The van der Waals surface area contributed by atoms with Gasteiger partial charge in [-0.25, -0.2) is 0 Å². The summed E-state index contributed by atoms with van der Waals surface area (Å²) in [5.74, 6) is -1.00. The zero-order chi connectivity index (χ0) is 36.8. The molecule has 1 amide bonds. The lowest BCUT2D eigenvalue weighted by Gasteiger charge is -2.21. The third kappa shape index (κ3) is 37.8. The van der Waals surface area contributed by atoms with E-state index in [4.69, 9.17) is 0 Å². The third-order valence-corrected chi connectivity index (χ3v) is 10.3. The molecule has 0 radical (unpaired) electrons. The highest BCUT2D eigenvalue weighted by atomic mass is 32.2. The van der Waals surface area contributed by atoms with Crippen molar-refractivity contribution in [1.29, 1.82) is 0 Å². The maximum atomic E-state index is 12.5. The van der Waals surface area contributed by atoms with Crippen molar-refractivity contribution in [3.63, 3.8) is 0 Å². The van der Waals surface area contributed by atoms with Gasteiger partial charge in [-0.15, -0.1) is 0 Å². The van der Waals surface area contributed by atoms with Crippen molar-refractivity contribution in [2.24, 2.45) is 0 Å². The number of unbranched alkanes of at least 4 members (excludes halogenated alkanes) is 26. The number of nitrogens with one attached hydrogen (secondary N) is 1. The quantitative estimate of drug-likeness (QED) is 0.0334. The standard InChI is InChI=1S/C43H81NO5S/c1-3-5-7-9-11-13-15-17-18-19-20-21-22-23-24-25-27-29-31-33-35-37-39-43(46)44-41(40-50(47,48)49)42(45)38-36-34-32-30-28-26-16-14-12-10-8-6-4-2/h12,14,28,30,36,38,41-42,45H,3-11,13,15-27,29,31-35,37,39-40H2,1-2H3,(H,44,46)(H,47,48,49)/b14-12+,30-28+,38-36+. The van der Waals surface area contributed by atoms with Gasteiger partial charge in [-0.05, 0) is 44.9 Å². The molecule has 0 aromatic heterocycles. The molecule has 0 aromatic rings. The van der Waals surface area contributed by atoms with Gasteiger partial charge in [0.15, 0.2) is 0 Å². The fraction of sp³-hybridized carbons (Fsp3) is 0.837. The van der Waals surface area contributed by atoms with Gasteiger partial charge in [-0.1, -0.05) is 198 Å². The fourth-order valence-corrected chi connectivity index (χ4v) is 7.10. The van der Waals surface area contributed by atoms with Gasteiger partial charge in [0.05, 0.1) is 17.9 Å². The van der Waals surface area contributed by atoms with Crippen LogP contribution in [0.2, 0.25) is 0 Å². The molecule has 0 bridgehead atoms. The van der Waals surface area contributed by atoms with Crippen LogP contribution in [0.1, 0.15) is 213 Å². The van der Waals surface area contributed by atoms with Crippen LogP contribution in [0, 0.1) is 0 Å². The molecule has 6 nitrogen and oxygen atoms in total. The van der Waals surface area contributed by atoms with Gasteiger partial charge in [-0.2, -0.15) is 8.42 Å². The van der Waals surface area contributed by atoms with E-state index in [2.05, 4.69) is 43.5 Å². The van der Waals surface area contributed by atoms with Crippen LogP contribution < -0.4 is 5.32 Å². The van der Waals surface area contributed by atoms with Gasteiger partial charge in [0.25, 0.3) is 10.1 Å². The summed E-state index contributed by atoms with van der Waals surface area (Å²) in [6.07, 6.45) is 48.6. The summed E-state index contributed by atoms with van der Waals surface area (Å²) in [5, 5.41) is 13.2. The molecule has 2 atom stereocenters. The van der Waals surface area contributed by atoms with Crippen molar-refractivity contribution < 1.29 is 22.9 Å². The highest BCUT2D eigenvalue weighted by molar-refractivity contribution is 7.85. The van der Waals surface area contributed by atoms with E-state index in [0.717, 1.165) is 44.9 Å². The molecule has 2 unspecified atom stereocenters. The first-order chi connectivity index (χ1) is 24.3. The number of carbonyl (C=O) groups excluding carboxylic acids is 1. The van der Waals surface area contributed by atoms with Crippen molar-refractivity contribution in [3.05, 3.63) is 36.5 Å². The van der Waals surface area contributed by atoms with Gasteiger partial charge in [0.1, 0.15) is 0 Å². The minimum absolute atomic E-state index is 0.288. The molecule has 0 spiro atoms. The van der Waals surface area contributed by atoms with Gasteiger partial charge in [0, 0.05) is 6.42 Å². The minimum Gasteiger partial charge on any atom is -0.387 e. The smallest absolute Gasteiger partial charge is 0.267 e. The van der Waals surface area contributed by atoms with E-state index in [1.165, 1.54) is 147 Å². The van der Waals surface area contributed by atoms with Crippen molar-refractivity contribution in [1.82, 2.24) is 5.32 Å². The highest BCUT2D eigenvalue weighted by Crippen LogP contribution is 2.16.